The minimum Gasteiger partial charge on any atom is -0.504 e. The number of imide groups is 1. The third kappa shape index (κ3) is 4.61. The van der Waals surface area contributed by atoms with Gasteiger partial charge in [0.25, 0.3) is 11.6 Å². The molecule has 0 bridgehead atoms. The summed E-state index contributed by atoms with van der Waals surface area (Å²) >= 11 is 0. The summed E-state index contributed by atoms with van der Waals surface area (Å²) < 4.78 is 4.91. The normalized spacial score (nSPS) is 14.5. The number of nitro benzene ring substituents is 1. The van der Waals surface area contributed by atoms with Crippen LogP contribution in [0.4, 0.5) is 16.2 Å². The van der Waals surface area contributed by atoms with E-state index in [0.717, 1.165) is 23.8 Å². The number of urea groups is 1. The van der Waals surface area contributed by atoms with Gasteiger partial charge >= 0.3 is 6.03 Å². The molecule has 11 nitrogen and oxygen atoms in total. The number of nitrogens with one attached hydrogen (secondary N) is 2. The zero-order valence-corrected chi connectivity index (χ0v) is 16.5. The zero-order valence-electron chi connectivity index (χ0n) is 16.5. The fraction of sp³-hybridized carbons (Fsp3) is 0.150. The van der Waals surface area contributed by atoms with Crippen LogP contribution in [-0.4, -0.2) is 46.4 Å². The van der Waals surface area contributed by atoms with Crippen molar-refractivity contribution >= 4 is 35.3 Å². The quantitative estimate of drug-likeness (QED) is 0.277. The Hall–Kier alpha value is -4.41. The van der Waals surface area contributed by atoms with Crippen molar-refractivity contribution in [1.82, 2.24) is 10.2 Å². The molecule has 1 fully saturated rings. The molecule has 2 aromatic rings. The van der Waals surface area contributed by atoms with Gasteiger partial charge in [0.15, 0.2) is 11.5 Å². The average molecular weight is 426 g/mol. The molecule has 1 heterocycles. The maximum Gasteiger partial charge on any atom is 0.329 e. The van der Waals surface area contributed by atoms with Gasteiger partial charge in [0.2, 0.25) is 5.91 Å². The van der Waals surface area contributed by atoms with Crippen molar-refractivity contribution in [3.05, 3.63) is 63.3 Å². The van der Waals surface area contributed by atoms with E-state index in [9.17, 15) is 29.6 Å². The Kier molecular flexibility index (Phi) is 5.86. The summed E-state index contributed by atoms with van der Waals surface area (Å²) in [4.78, 5) is 48.1. The number of carbonyl (C=O) groups excluding carboxylic acids is 3. The van der Waals surface area contributed by atoms with Crippen molar-refractivity contribution in [2.45, 2.75) is 6.92 Å². The number of nitro groups is 1. The van der Waals surface area contributed by atoms with Crippen molar-refractivity contribution < 1.29 is 29.2 Å². The first-order valence-electron chi connectivity index (χ1n) is 8.96. The Bertz CT molecular complexity index is 1130. The van der Waals surface area contributed by atoms with Crippen molar-refractivity contribution in [2.75, 3.05) is 19.0 Å². The van der Waals surface area contributed by atoms with Crippen LogP contribution in [0.1, 0.15) is 11.1 Å². The van der Waals surface area contributed by atoms with Crippen LogP contribution in [0.5, 0.6) is 11.5 Å². The van der Waals surface area contributed by atoms with E-state index in [4.69, 9.17) is 4.74 Å². The first-order chi connectivity index (χ1) is 14.7. The molecule has 31 heavy (non-hydrogen) atoms. The van der Waals surface area contributed by atoms with Crippen LogP contribution >= 0.6 is 0 Å². The summed E-state index contributed by atoms with van der Waals surface area (Å²) in [5, 5.41) is 26.2. The molecule has 1 saturated heterocycles. The van der Waals surface area contributed by atoms with Crippen LogP contribution in [0.15, 0.2) is 42.1 Å². The minimum absolute atomic E-state index is 0.110. The number of ether oxygens (including phenoxy) is 1. The highest BCUT2D eigenvalue weighted by Crippen LogP contribution is 2.36. The van der Waals surface area contributed by atoms with E-state index in [-0.39, 0.29) is 22.7 Å². The predicted octanol–water partition coefficient (Wildman–Crippen LogP) is 2.15. The lowest BCUT2D eigenvalue weighted by molar-refractivity contribution is -0.385. The van der Waals surface area contributed by atoms with E-state index in [2.05, 4.69) is 10.6 Å². The van der Waals surface area contributed by atoms with Gasteiger partial charge < -0.3 is 20.5 Å². The summed E-state index contributed by atoms with van der Waals surface area (Å²) in [6, 6.07) is 8.20. The topological polar surface area (TPSA) is 151 Å². The predicted molar refractivity (Wildman–Crippen MR) is 109 cm³/mol. The molecule has 3 rings (SSSR count). The number of hydrogen-bond donors (Lipinski definition) is 3. The summed E-state index contributed by atoms with van der Waals surface area (Å²) in [5.74, 6) is -2.03. The Balaban J connectivity index is 1.81. The maximum absolute atomic E-state index is 12.6. The molecule has 0 atom stereocenters. The number of methoxy groups -OCH3 is 1. The lowest BCUT2D eigenvalue weighted by Crippen LogP contribution is -2.38. The molecule has 1 aliphatic heterocycles. The molecule has 0 radical (unpaired) electrons. The lowest BCUT2D eigenvalue weighted by Gasteiger charge is -2.12. The largest absolute Gasteiger partial charge is 0.504 e. The summed E-state index contributed by atoms with van der Waals surface area (Å²) in [5.41, 5.74) is 0.686. The van der Waals surface area contributed by atoms with Crippen LogP contribution in [0, 0.1) is 17.0 Å². The smallest absolute Gasteiger partial charge is 0.329 e. The first-order valence-corrected chi connectivity index (χ1v) is 8.96. The Labute approximate surface area is 176 Å². The van der Waals surface area contributed by atoms with E-state index in [1.807, 2.05) is 13.0 Å². The molecule has 2 aromatic carbocycles. The number of carbonyl (C=O) groups is 3. The van der Waals surface area contributed by atoms with Gasteiger partial charge in [-0.2, -0.15) is 0 Å². The number of anilines is 1. The second kappa shape index (κ2) is 8.53. The molecule has 1 aliphatic rings. The zero-order chi connectivity index (χ0) is 22.7. The number of hydrogen-bond acceptors (Lipinski definition) is 7. The van der Waals surface area contributed by atoms with Crippen LogP contribution < -0.4 is 15.4 Å². The molecule has 0 aromatic heterocycles. The number of phenols is 1. The summed E-state index contributed by atoms with van der Waals surface area (Å²) in [6.07, 6.45) is 1.07. The first kappa shape index (κ1) is 21.3. The SMILES string of the molecule is COc1cc([N+](=O)[O-])cc(/C=C2/NC(=O)N(CC(=O)Nc3cccc(C)c3)C2=O)c1O. The van der Waals surface area contributed by atoms with Gasteiger partial charge in [-0.15, -0.1) is 0 Å². The Morgan fingerprint density at radius 2 is 2.06 bits per heavy atom. The monoisotopic (exact) mass is 426 g/mol. The van der Waals surface area contributed by atoms with Crippen molar-refractivity contribution in [3.63, 3.8) is 0 Å². The molecule has 160 valence electrons. The lowest BCUT2D eigenvalue weighted by atomic mass is 10.1. The van der Waals surface area contributed by atoms with Gasteiger partial charge in [-0.1, -0.05) is 12.1 Å². The van der Waals surface area contributed by atoms with Gasteiger partial charge in [0.1, 0.15) is 12.2 Å². The maximum atomic E-state index is 12.6. The van der Waals surface area contributed by atoms with Gasteiger partial charge in [0, 0.05) is 17.3 Å². The number of benzene rings is 2. The number of aryl methyl sites for hydroxylation is 1. The standard InChI is InChI=1S/C20H18N4O7/c1-11-4-3-5-13(6-11)21-17(25)10-23-19(27)15(22-20(23)28)8-12-7-14(24(29)30)9-16(31-2)18(12)26/h3-9,26H,10H2,1-2H3,(H,21,25)(H,22,28)/b15-8+. The molecule has 4 amide bonds. The molecular weight excluding hydrogens is 408 g/mol. The van der Waals surface area contributed by atoms with Gasteiger partial charge in [0.05, 0.1) is 18.1 Å². The molecule has 0 saturated carbocycles. The average Bonchev–Trinajstić information content (AvgIpc) is 2.96. The highest BCUT2D eigenvalue weighted by molar-refractivity contribution is 6.16. The molecule has 11 heteroatoms. The number of nitrogens with zero attached hydrogens (tertiary/aromatic N) is 2. The number of rotatable bonds is 6. The van der Waals surface area contributed by atoms with E-state index >= 15 is 0 Å². The fourth-order valence-corrected chi connectivity index (χ4v) is 2.92. The van der Waals surface area contributed by atoms with Crippen LogP contribution in [0.2, 0.25) is 0 Å². The minimum atomic E-state index is -0.840. The van der Waals surface area contributed by atoms with Gasteiger partial charge in [-0.3, -0.25) is 19.7 Å². The third-order valence-corrected chi connectivity index (χ3v) is 4.39. The number of aromatic hydroxyl groups is 1. The summed E-state index contributed by atoms with van der Waals surface area (Å²) in [6.45, 7) is 1.31. The van der Waals surface area contributed by atoms with Crippen molar-refractivity contribution in [1.29, 1.82) is 0 Å². The molecule has 3 N–H and O–H groups in total. The number of non-ortho nitro benzene ring substituents is 1. The highest BCUT2D eigenvalue weighted by atomic mass is 16.6. The Morgan fingerprint density at radius 1 is 1.32 bits per heavy atom. The van der Waals surface area contributed by atoms with Gasteiger partial charge in [-0.05, 0) is 30.7 Å². The van der Waals surface area contributed by atoms with E-state index in [1.54, 1.807) is 18.2 Å². The van der Waals surface area contributed by atoms with E-state index in [1.165, 1.54) is 7.11 Å². The third-order valence-electron chi connectivity index (χ3n) is 4.39. The van der Waals surface area contributed by atoms with Crippen molar-refractivity contribution in [2.24, 2.45) is 0 Å². The molecule has 0 aliphatic carbocycles. The number of amides is 4. The van der Waals surface area contributed by atoms with E-state index in [0.29, 0.717) is 10.6 Å². The molecule has 0 spiro atoms. The van der Waals surface area contributed by atoms with Crippen LogP contribution in [0.25, 0.3) is 6.08 Å². The van der Waals surface area contributed by atoms with E-state index < -0.39 is 35.1 Å². The van der Waals surface area contributed by atoms with Gasteiger partial charge in [-0.25, -0.2) is 9.69 Å². The van der Waals surface area contributed by atoms with Crippen molar-refractivity contribution in [3.8, 4) is 11.5 Å². The second-order valence-corrected chi connectivity index (χ2v) is 6.64. The van der Waals surface area contributed by atoms with Crippen LogP contribution in [-0.2, 0) is 9.59 Å². The number of phenolic OH excluding ortho intramolecular Hbond substituents is 1. The molecular formula is C20H18N4O7. The highest BCUT2D eigenvalue weighted by Gasteiger charge is 2.35. The summed E-state index contributed by atoms with van der Waals surface area (Å²) in [7, 11) is 1.22. The second-order valence-electron chi connectivity index (χ2n) is 6.64. The van der Waals surface area contributed by atoms with Crippen LogP contribution in [0.3, 0.4) is 0 Å². The Morgan fingerprint density at radius 3 is 2.71 bits per heavy atom. The molecule has 0 unspecified atom stereocenters. The fourth-order valence-electron chi connectivity index (χ4n) is 2.92.